The molecule has 0 aromatic heterocycles. The molecule has 1 aromatic carbocycles. The van der Waals surface area contributed by atoms with Gasteiger partial charge in [-0.1, -0.05) is 39.3 Å². The molecule has 9 heteroatoms. The summed E-state index contributed by atoms with van der Waals surface area (Å²) in [6.45, 7) is 6.40. The van der Waals surface area contributed by atoms with Gasteiger partial charge >= 0.3 is 5.97 Å². The normalized spacial score (nSPS) is 11.6. The molecular weight excluding hydrogens is 402 g/mol. The van der Waals surface area contributed by atoms with Crippen molar-refractivity contribution in [1.29, 1.82) is 0 Å². The number of carboxylic acid groups (broad SMARTS) is 1. The summed E-state index contributed by atoms with van der Waals surface area (Å²) in [6.07, 6.45) is 2.28. The van der Waals surface area contributed by atoms with Crippen molar-refractivity contribution in [2.24, 2.45) is 11.8 Å². The molecule has 9 nitrogen and oxygen atoms in total. The molecule has 0 fully saturated rings. The van der Waals surface area contributed by atoms with Gasteiger partial charge in [-0.05, 0) is 36.5 Å². The van der Waals surface area contributed by atoms with Crippen LogP contribution in [0.25, 0.3) is 0 Å². The van der Waals surface area contributed by atoms with Gasteiger partial charge in [-0.2, -0.15) is 0 Å². The van der Waals surface area contributed by atoms with Crippen LogP contribution in [0.2, 0.25) is 0 Å². The van der Waals surface area contributed by atoms with Crippen LogP contribution >= 0.6 is 0 Å². The average Bonchev–Trinajstić information content (AvgIpc) is 2.74. The van der Waals surface area contributed by atoms with E-state index in [-0.39, 0.29) is 43.4 Å². The lowest BCUT2D eigenvalue weighted by molar-refractivity contribution is -0.141. The molecule has 1 aromatic rings. The van der Waals surface area contributed by atoms with Gasteiger partial charge in [0.25, 0.3) is 5.91 Å². The van der Waals surface area contributed by atoms with Crippen molar-refractivity contribution in [1.82, 2.24) is 15.7 Å². The lowest BCUT2D eigenvalue weighted by Gasteiger charge is -2.24. The molecule has 1 rings (SSSR count). The number of carbonyl (C=O) groups excluding carboxylic acids is 3. The third-order valence-corrected chi connectivity index (χ3v) is 4.80. The highest BCUT2D eigenvalue weighted by Crippen LogP contribution is 2.13. The predicted octanol–water partition coefficient (Wildman–Crippen LogP) is 2.19. The minimum atomic E-state index is -1.02. The van der Waals surface area contributed by atoms with E-state index in [4.69, 9.17) is 10.3 Å². The van der Waals surface area contributed by atoms with Crippen molar-refractivity contribution in [2.45, 2.75) is 53.0 Å². The molecule has 0 saturated carbocycles. The number of rotatable bonds is 13. The molecule has 0 radical (unpaired) electrons. The van der Waals surface area contributed by atoms with E-state index in [0.29, 0.717) is 6.42 Å². The molecule has 1 unspecified atom stereocenters. The molecule has 3 amide bonds. The van der Waals surface area contributed by atoms with Crippen molar-refractivity contribution in [3.8, 4) is 0 Å². The van der Waals surface area contributed by atoms with E-state index in [1.54, 1.807) is 17.0 Å². The van der Waals surface area contributed by atoms with E-state index in [0.717, 1.165) is 18.4 Å². The summed E-state index contributed by atoms with van der Waals surface area (Å²) in [7, 11) is 0. The predicted molar refractivity (Wildman–Crippen MR) is 114 cm³/mol. The van der Waals surface area contributed by atoms with E-state index in [2.05, 4.69) is 5.32 Å². The first-order valence-corrected chi connectivity index (χ1v) is 10.5. The van der Waals surface area contributed by atoms with Gasteiger partial charge in [-0.3, -0.25) is 19.6 Å². The molecule has 4 N–H and O–H groups in total. The van der Waals surface area contributed by atoms with Crippen LogP contribution in [-0.4, -0.2) is 52.0 Å². The summed E-state index contributed by atoms with van der Waals surface area (Å²) in [5.74, 6) is -3.29. The third kappa shape index (κ3) is 9.17. The second kappa shape index (κ2) is 13.4. The standard InChI is InChI=1S/C22H33N3O6/c1-4-5-6-19(26)25(14-16-7-9-17(10-8-16)22(29)30)12-11-23-20(27)18(13-15(2)3)21(28)24-31/h7-10,15,18,31H,4-6,11-14H2,1-3H3,(H,23,27)(H,24,28)(H,29,30). The lowest BCUT2D eigenvalue weighted by Crippen LogP contribution is -2.44. The minimum Gasteiger partial charge on any atom is -0.478 e. The van der Waals surface area contributed by atoms with Crippen LogP contribution in [0.5, 0.6) is 0 Å². The average molecular weight is 436 g/mol. The number of nitrogens with one attached hydrogen (secondary N) is 2. The molecule has 0 bridgehead atoms. The molecule has 0 aliphatic carbocycles. The number of hydrogen-bond donors (Lipinski definition) is 4. The fourth-order valence-electron chi connectivity index (χ4n) is 3.07. The van der Waals surface area contributed by atoms with Crippen LogP contribution in [0, 0.1) is 11.8 Å². The van der Waals surface area contributed by atoms with E-state index in [1.807, 2.05) is 20.8 Å². The van der Waals surface area contributed by atoms with Crippen LogP contribution in [0.1, 0.15) is 62.4 Å². The topological polar surface area (TPSA) is 136 Å². The summed E-state index contributed by atoms with van der Waals surface area (Å²) in [5.41, 5.74) is 2.47. The molecule has 1 atom stereocenters. The number of benzene rings is 1. The fourth-order valence-corrected chi connectivity index (χ4v) is 3.07. The van der Waals surface area contributed by atoms with Crippen molar-refractivity contribution < 1.29 is 29.5 Å². The Balaban J connectivity index is 2.78. The van der Waals surface area contributed by atoms with Crippen molar-refractivity contribution in [2.75, 3.05) is 13.1 Å². The quantitative estimate of drug-likeness (QED) is 0.213. The Hall–Kier alpha value is -2.94. The zero-order chi connectivity index (χ0) is 23.4. The lowest BCUT2D eigenvalue weighted by atomic mass is 9.95. The van der Waals surface area contributed by atoms with Crippen LogP contribution in [0.15, 0.2) is 24.3 Å². The van der Waals surface area contributed by atoms with Gasteiger partial charge in [0.2, 0.25) is 11.8 Å². The van der Waals surface area contributed by atoms with Crippen LogP contribution < -0.4 is 10.8 Å². The van der Waals surface area contributed by atoms with Crippen LogP contribution in [0.4, 0.5) is 0 Å². The Morgan fingerprint density at radius 3 is 2.23 bits per heavy atom. The van der Waals surface area contributed by atoms with Gasteiger partial charge in [-0.25, -0.2) is 10.3 Å². The smallest absolute Gasteiger partial charge is 0.335 e. The van der Waals surface area contributed by atoms with Gasteiger partial charge in [0.1, 0.15) is 5.92 Å². The molecule has 31 heavy (non-hydrogen) atoms. The molecule has 0 heterocycles. The van der Waals surface area contributed by atoms with Crippen molar-refractivity contribution in [3.63, 3.8) is 0 Å². The Morgan fingerprint density at radius 1 is 1.06 bits per heavy atom. The zero-order valence-corrected chi connectivity index (χ0v) is 18.4. The first-order valence-electron chi connectivity index (χ1n) is 10.5. The largest absolute Gasteiger partial charge is 0.478 e. The summed E-state index contributed by atoms with van der Waals surface area (Å²) >= 11 is 0. The third-order valence-electron chi connectivity index (χ3n) is 4.80. The van der Waals surface area contributed by atoms with E-state index in [1.165, 1.54) is 17.6 Å². The molecule has 0 spiro atoms. The van der Waals surface area contributed by atoms with E-state index in [9.17, 15) is 19.2 Å². The minimum absolute atomic E-state index is 0.0646. The highest BCUT2D eigenvalue weighted by molar-refractivity contribution is 5.99. The monoisotopic (exact) mass is 435 g/mol. The molecule has 0 saturated heterocycles. The van der Waals surface area contributed by atoms with E-state index < -0.39 is 23.7 Å². The van der Waals surface area contributed by atoms with Gasteiger partial charge in [0.15, 0.2) is 0 Å². The maximum absolute atomic E-state index is 12.6. The first kappa shape index (κ1) is 26.1. The van der Waals surface area contributed by atoms with Crippen LogP contribution in [0.3, 0.4) is 0 Å². The van der Waals surface area contributed by atoms with Crippen LogP contribution in [-0.2, 0) is 20.9 Å². The maximum Gasteiger partial charge on any atom is 0.335 e. The van der Waals surface area contributed by atoms with Gasteiger partial charge in [0.05, 0.1) is 5.56 Å². The van der Waals surface area contributed by atoms with Gasteiger partial charge in [-0.15, -0.1) is 0 Å². The number of aromatic carboxylic acids is 1. The van der Waals surface area contributed by atoms with Crippen molar-refractivity contribution in [3.05, 3.63) is 35.4 Å². The highest BCUT2D eigenvalue weighted by Gasteiger charge is 2.27. The number of hydrogen-bond acceptors (Lipinski definition) is 5. The number of carboxylic acids is 1. The Morgan fingerprint density at radius 2 is 1.71 bits per heavy atom. The number of amides is 3. The number of hydroxylamine groups is 1. The Labute approximate surface area is 182 Å². The summed E-state index contributed by atoms with van der Waals surface area (Å²) in [5, 5.41) is 20.6. The van der Waals surface area contributed by atoms with Gasteiger partial charge < -0.3 is 15.3 Å². The molecular formula is C22H33N3O6. The van der Waals surface area contributed by atoms with Crippen molar-refractivity contribution >= 4 is 23.7 Å². The second-order valence-corrected chi connectivity index (χ2v) is 7.87. The first-order chi connectivity index (χ1) is 14.7. The Kier molecular flexibility index (Phi) is 11.3. The maximum atomic E-state index is 12.6. The second-order valence-electron chi connectivity index (χ2n) is 7.87. The number of nitrogens with zero attached hydrogens (tertiary/aromatic N) is 1. The summed E-state index contributed by atoms with van der Waals surface area (Å²) in [4.78, 5) is 49.4. The summed E-state index contributed by atoms with van der Waals surface area (Å²) in [6, 6.07) is 6.29. The van der Waals surface area contributed by atoms with E-state index >= 15 is 0 Å². The van der Waals surface area contributed by atoms with Gasteiger partial charge in [0, 0.05) is 26.1 Å². The molecule has 0 aliphatic rings. The highest BCUT2D eigenvalue weighted by atomic mass is 16.5. The SMILES string of the molecule is CCCCC(=O)N(CCNC(=O)C(CC(C)C)C(=O)NO)Cc1ccc(C(=O)O)cc1. The Bertz CT molecular complexity index is 748. The fraction of sp³-hybridized carbons (Fsp3) is 0.545. The zero-order valence-electron chi connectivity index (χ0n) is 18.4. The molecule has 0 aliphatic heterocycles. The molecule has 172 valence electrons. The number of unbranched alkanes of at least 4 members (excludes halogenated alkanes) is 1. The number of carbonyl (C=O) groups is 4. The summed E-state index contributed by atoms with van der Waals surface area (Å²) < 4.78 is 0.